The number of hydrogen-bond donors (Lipinski definition) is 2. The molecule has 0 bridgehead atoms. The van der Waals surface area contributed by atoms with Crippen LogP contribution in [0, 0.1) is 0 Å². The first-order valence-electron chi connectivity index (χ1n) is 10.8. The highest BCUT2D eigenvalue weighted by atomic mass is 16.1. The molecule has 1 aliphatic heterocycles. The van der Waals surface area contributed by atoms with E-state index < -0.39 is 0 Å². The van der Waals surface area contributed by atoms with E-state index in [2.05, 4.69) is 31.3 Å². The Balaban J connectivity index is 1.47. The number of anilines is 3. The maximum atomic E-state index is 13.2. The monoisotopic (exact) mass is 427 g/mol. The second kappa shape index (κ2) is 8.30. The molecule has 4 aromatic rings. The number of aromatic nitrogens is 4. The summed E-state index contributed by atoms with van der Waals surface area (Å²) in [4.78, 5) is 24.2. The third-order valence-corrected chi connectivity index (χ3v) is 5.75. The lowest BCUT2D eigenvalue weighted by Crippen LogP contribution is -2.30. The molecule has 0 aliphatic carbocycles. The predicted molar refractivity (Wildman–Crippen MR) is 127 cm³/mol. The zero-order valence-corrected chi connectivity index (χ0v) is 18.0. The van der Waals surface area contributed by atoms with Crippen LogP contribution in [0.5, 0.6) is 0 Å². The van der Waals surface area contributed by atoms with Gasteiger partial charge in [-0.2, -0.15) is 5.10 Å². The Labute approximate surface area is 186 Å². The lowest BCUT2D eigenvalue weighted by atomic mass is 10.1. The first kappa shape index (κ1) is 20.0. The average molecular weight is 428 g/mol. The van der Waals surface area contributed by atoms with Gasteiger partial charge in [-0.25, -0.2) is 9.97 Å². The minimum atomic E-state index is -0.253. The molecule has 1 aliphatic rings. The number of aryl methyl sites for hydroxylation is 1. The molecular weight excluding hydrogens is 402 g/mol. The minimum Gasteiger partial charge on any atom is -0.384 e. The van der Waals surface area contributed by atoms with E-state index in [-0.39, 0.29) is 5.91 Å². The van der Waals surface area contributed by atoms with Crippen LogP contribution < -0.4 is 16.0 Å². The van der Waals surface area contributed by atoms with Gasteiger partial charge in [-0.05, 0) is 55.7 Å². The molecule has 0 spiro atoms. The van der Waals surface area contributed by atoms with Gasteiger partial charge in [-0.3, -0.25) is 9.48 Å². The molecule has 0 atom stereocenters. The number of amides is 1. The van der Waals surface area contributed by atoms with Crippen molar-refractivity contribution in [1.29, 1.82) is 0 Å². The average Bonchev–Trinajstić information content (AvgIpc) is 3.18. The predicted octanol–water partition coefficient (Wildman–Crippen LogP) is 3.86. The first-order chi connectivity index (χ1) is 15.6. The molecule has 1 aromatic carbocycles. The molecule has 0 radical (unpaired) electrons. The molecule has 162 valence electrons. The third kappa shape index (κ3) is 3.99. The summed E-state index contributed by atoms with van der Waals surface area (Å²) >= 11 is 0. The molecule has 5 rings (SSSR count). The molecule has 1 amide bonds. The Kier molecular flexibility index (Phi) is 5.18. The van der Waals surface area contributed by atoms with Crippen LogP contribution in [0.15, 0.2) is 54.9 Å². The highest BCUT2D eigenvalue weighted by Gasteiger charge is 2.19. The lowest BCUT2D eigenvalue weighted by molar-refractivity contribution is 0.102. The number of hydrogen-bond acceptors (Lipinski definition) is 6. The van der Waals surface area contributed by atoms with E-state index >= 15 is 0 Å². The number of pyridine rings is 2. The van der Waals surface area contributed by atoms with Crippen molar-refractivity contribution in [3.8, 4) is 11.3 Å². The number of nitrogen functional groups attached to an aromatic ring is 1. The van der Waals surface area contributed by atoms with Gasteiger partial charge in [0.2, 0.25) is 0 Å². The lowest BCUT2D eigenvalue weighted by Gasteiger charge is -2.30. The van der Waals surface area contributed by atoms with Crippen molar-refractivity contribution < 1.29 is 4.79 Å². The van der Waals surface area contributed by atoms with Gasteiger partial charge < -0.3 is 16.0 Å². The fourth-order valence-electron chi connectivity index (χ4n) is 4.15. The number of carbonyl (C=O) groups excluding carboxylic acids is 1. The van der Waals surface area contributed by atoms with Gasteiger partial charge in [0.05, 0.1) is 22.6 Å². The van der Waals surface area contributed by atoms with Gasteiger partial charge in [0, 0.05) is 43.5 Å². The topological polar surface area (TPSA) is 102 Å². The highest BCUT2D eigenvalue weighted by Crippen LogP contribution is 2.33. The van der Waals surface area contributed by atoms with Crippen molar-refractivity contribution in [3.05, 3.63) is 60.6 Å². The summed E-state index contributed by atoms with van der Waals surface area (Å²) in [6.07, 6.45) is 7.14. The summed E-state index contributed by atoms with van der Waals surface area (Å²) in [5.74, 6) is 0.190. The minimum absolute atomic E-state index is 0.253. The van der Waals surface area contributed by atoms with Crippen LogP contribution in [0.4, 0.5) is 17.2 Å². The number of piperidine rings is 1. The first-order valence-corrected chi connectivity index (χ1v) is 10.8. The van der Waals surface area contributed by atoms with Crippen LogP contribution in [0.3, 0.4) is 0 Å². The maximum Gasteiger partial charge on any atom is 0.274 e. The summed E-state index contributed by atoms with van der Waals surface area (Å²) < 4.78 is 1.79. The highest BCUT2D eigenvalue weighted by molar-refractivity contribution is 6.06. The van der Waals surface area contributed by atoms with Gasteiger partial charge in [-0.1, -0.05) is 6.07 Å². The maximum absolute atomic E-state index is 13.2. The summed E-state index contributed by atoms with van der Waals surface area (Å²) in [5.41, 5.74) is 10.2. The normalized spacial score (nSPS) is 14.0. The summed E-state index contributed by atoms with van der Waals surface area (Å²) in [5, 5.41) is 8.63. The van der Waals surface area contributed by atoms with Crippen molar-refractivity contribution in [2.24, 2.45) is 7.05 Å². The van der Waals surface area contributed by atoms with Gasteiger partial charge >= 0.3 is 0 Å². The van der Waals surface area contributed by atoms with Crippen LogP contribution in [0.2, 0.25) is 0 Å². The second-order valence-electron chi connectivity index (χ2n) is 8.11. The van der Waals surface area contributed by atoms with Crippen molar-refractivity contribution in [1.82, 2.24) is 19.7 Å². The number of nitrogens with one attached hydrogen (secondary N) is 1. The molecule has 0 saturated carbocycles. The molecule has 8 nitrogen and oxygen atoms in total. The zero-order chi connectivity index (χ0) is 22.1. The Morgan fingerprint density at radius 3 is 2.72 bits per heavy atom. The Morgan fingerprint density at radius 2 is 1.94 bits per heavy atom. The summed E-state index contributed by atoms with van der Waals surface area (Å²) in [7, 11) is 1.90. The molecule has 1 fully saturated rings. The molecule has 32 heavy (non-hydrogen) atoms. The second-order valence-corrected chi connectivity index (χ2v) is 8.11. The summed E-state index contributed by atoms with van der Waals surface area (Å²) in [6, 6.07) is 13.0. The number of nitrogens with zero attached hydrogens (tertiary/aromatic N) is 5. The number of nitrogens with two attached hydrogens (primary N) is 1. The van der Waals surface area contributed by atoms with Gasteiger partial charge in [0.25, 0.3) is 5.91 Å². The van der Waals surface area contributed by atoms with Crippen molar-refractivity contribution in [2.75, 3.05) is 29.0 Å². The van der Waals surface area contributed by atoms with E-state index in [1.54, 1.807) is 23.0 Å². The smallest absolute Gasteiger partial charge is 0.274 e. The van der Waals surface area contributed by atoms with E-state index in [0.717, 1.165) is 53.8 Å². The summed E-state index contributed by atoms with van der Waals surface area (Å²) in [6.45, 7) is 1.94. The van der Waals surface area contributed by atoms with Crippen molar-refractivity contribution in [2.45, 2.75) is 19.3 Å². The Morgan fingerprint density at radius 1 is 1.09 bits per heavy atom. The fourth-order valence-corrected chi connectivity index (χ4v) is 4.15. The van der Waals surface area contributed by atoms with Gasteiger partial charge in [-0.15, -0.1) is 0 Å². The van der Waals surface area contributed by atoms with E-state index in [0.29, 0.717) is 17.2 Å². The number of fused-ring (bicyclic) bond motifs is 1. The quantitative estimate of drug-likeness (QED) is 0.513. The largest absolute Gasteiger partial charge is 0.384 e. The number of rotatable bonds is 4. The number of benzene rings is 1. The standard InChI is InChI=1S/C24H25N7O/c1-30-15-17-12-21(22(13-20(17)29-30)31-10-3-2-4-11-31)28-24(32)19-7-5-6-18(27-19)16-8-9-23(25)26-14-16/h5-9,12-15H,2-4,10-11H2,1H3,(H2,25,26)(H,28,32). The molecule has 3 N–H and O–H groups in total. The van der Waals surface area contributed by atoms with E-state index in [1.807, 2.05) is 37.5 Å². The molecule has 0 unspecified atom stereocenters. The van der Waals surface area contributed by atoms with Crippen molar-refractivity contribution in [3.63, 3.8) is 0 Å². The van der Waals surface area contributed by atoms with E-state index in [4.69, 9.17) is 5.73 Å². The molecular formula is C24H25N7O. The molecule has 8 heteroatoms. The van der Waals surface area contributed by atoms with Crippen LogP contribution >= 0.6 is 0 Å². The van der Waals surface area contributed by atoms with Crippen LogP contribution in [0.1, 0.15) is 29.8 Å². The zero-order valence-electron chi connectivity index (χ0n) is 18.0. The van der Waals surface area contributed by atoms with E-state index in [1.165, 1.54) is 6.42 Å². The van der Waals surface area contributed by atoms with Gasteiger partial charge in [0.15, 0.2) is 0 Å². The Hall–Kier alpha value is -3.94. The molecule has 3 aromatic heterocycles. The van der Waals surface area contributed by atoms with Crippen LogP contribution in [-0.4, -0.2) is 38.7 Å². The van der Waals surface area contributed by atoms with Crippen molar-refractivity contribution >= 4 is 34.0 Å². The SMILES string of the molecule is Cn1cc2cc(NC(=O)c3cccc(-c4ccc(N)nc4)n3)c(N3CCCCC3)cc2n1. The fraction of sp³-hybridized carbons (Fsp3) is 0.250. The van der Waals surface area contributed by atoms with Gasteiger partial charge in [0.1, 0.15) is 11.5 Å². The molecule has 1 saturated heterocycles. The number of carbonyl (C=O) groups is 1. The van der Waals surface area contributed by atoms with Crippen LogP contribution in [-0.2, 0) is 7.05 Å². The van der Waals surface area contributed by atoms with Crippen LogP contribution in [0.25, 0.3) is 22.2 Å². The molecule has 4 heterocycles. The van der Waals surface area contributed by atoms with E-state index in [9.17, 15) is 4.79 Å². The third-order valence-electron chi connectivity index (χ3n) is 5.75. The Bertz CT molecular complexity index is 1270.